The molecule has 6 heteroatoms. The zero-order valence-corrected chi connectivity index (χ0v) is 9.31. The molecule has 0 saturated carbocycles. The van der Waals surface area contributed by atoms with E-state index in [1.807, 2.05) is 0 Å². The summed E-state index contributed by atoms with van der Waals surface area (Å²) in [6.45, 7) is 1.70. The highest BCUT2D eigenvalue weighted by atomic mass is 19.4. The van der Waals surface area contributed by atoms with Crippen LogP contribution in [0.2, 0.25) is 0 Å². The van der Waals surface area contributed by atoms with E-state index in [2.05, 4.69) is 9.99 Å². The number of oxime groups is 1. The molecule has 0 N–H and O–H groups in total. The van der Waals surface area contributed by atoms with Gasteiger partial charge in [0.15, 0.2) is 0 Å². The monoisotopic (exact) mass is 249 g/mol. The van der Waals surface area contributed by atoms with Gasteiger partial charge in [0.25, 0.3) is 0 Å². The highest BCUT2D eigenvalue weighted by molar-refractivity contribution is 6.00. The van der Waals surface area contributed by atoms with Crippen molar-refractivity contribution in [2.45, 2.75) is 19.5 Å². The molecule has 1 aromatic carbocycles. The highest BCUT2D eigenvalue weighted by Crippen LogP contribution is 2.30. The average molecular weight is 249 g/mol. The Hall–Kier alpha value is -1.59. The van der Waals surface area contributed by atoms with E-state index in [-0.39, 0.29) is 11.3 Å². The minimum absolute atomic E-state index is 0.0161. The van der Waals surface area contributed by atoms with Crippen LogP contribution in [-0.2, 0) is 11.0 Å². The first-order chi connectivity index (χ1) is 7.90. The normalized spacial score (nSPS) is 12.7. The fraction of sp³-hybridized carbons (Fsp3) is 0.364. The second-order valence-corrected chi connectivity index (χ2v) is 3.27. The predicted molar refractivity (Wildman–Crippen MR) is 55.2 cm³/mol. The molecule has 0 atom stereocenters. The molecule has 1 aromatic rings. The number of rotatable bonds is 3. The summed E-state index contributed by atoms with van der Waals surface area (Å²) in [4.78, 5) is 4.50. The molecule has 0 heterocycles. The summed E-state index contributed by atoms with van der Waals surface area (Å²) in [5, 5.41) is 3.56. The van der Waals surface area contributed by atoms with E-state index in [4.69, 9.17) is 0 Å². The van der Waals surface area contributed by atoms with Gasteiger partial charge in [0.05, 0.1) is 11.3 Å². The second-order valence-electron chi connectivity index (χ2n) is 3.27. The Morgan fingerprint density at radius 2 is 2.00 bits per heavy atom. The molecule has 0 fully saturated rings. The van der Waals surface area contributed by atoms with E-state index < -0.39 is 17.6 Å². The molecule has 0 unspecified atom stereocenters. The van der Waals surface area contributed by atoms with E-state index in [0.717, 1.165) is 12.1 Å². The first-order valence-electron chi connectivity index (χ1n) is 4.87. The Balaban J connectivity index is 3.18. The summed E-state index contributed by atoms with van der Waals surface area (Å²) >= 11 is 0. The average Bonchev–Trinajstić information content (AvgIpc) is 2.25. The molecule has 0 aliphatic carbocycles. The number of halogens is 4. The van der Waals surface area contributed by atoms with Gasteiger partial charge in [-0.15, -0.1) is 0 Å². The third kappa shape index (κ3) is 3.18. The lowest BCUT2D eigenvalue weighted by Gasteiger charge is -2.09. The van der Waals surface area contributed by atoms with Crippen LogP contribution in [0.4, 0.5) is 17.6 Å². The van der Waals surface area contributed by atoms with Crippen LogP contribution in [-0.4, -0.2) is 12.8 Å². The van der Waals surface area contributed by atoms with Gasteiger partial charge in [-0.3, -0.25) is 0 Å². The third-order valence-corrected chi connectivity index (χ3v) is 2.14. The van der Waals surface area contributed by atoms with E-state index in [1.165, 1.54) is 7.11 Å². The Morgan fingerprint density at radius 1 is 1.35 bits per heavy atom. The first kappa shape index (κ1) is 13.5. The Morgan fingerprint density at radius 3 is 2.41 bits per heavy atom. The molecule has 1 rings (SSSR count). The molecule has 0 aromatic heterocycles. The summed E-state index contributed by atoms with van der Waals surface area (Å²) in [6, 6.07) is 2.33. The first-order valence-corrected chi connectivity index (χ1v) is 4.87. The molecule has 2 nitrogen and oxygen atoms in total. The predicted octanol–water partition coefficient (Wildman–Crippen LogP) is 3.61. The fourth-order valence-electron chi connectivity index (χ4n) is 1.34. The lowest BCUT2D eigenvalue weighted by Crippen LogP contribution is -2.09. The fourth-order valence-corrected chi connectivity index (χ4v) is 1.34. The highest BCUT2D eigenvalue weighted by Gasteiger charge is 2.31. The summed E-state index contributed by atoms with van der Waals surface area (Å²) in [5.74, 6) is -0.961. The summed E-state index contributed by atoms with van der Waals surface area (Å²) in [7, 11) is 1.29. The van der Waals surface area contributed by atoms with Crippen LogP contribution in [0.3, 0.4) is 0 Å². The molecule has 0 amide bonds. The van der Waals surface area contributed by atoms with E-state index in [9.17, 15) is 17.6 Å². The lowest BCUT2D eigenvalue weighted by atomic mass is 10.0. The van der Waals surface area contributed by atoms with Crippen LogP contribution in [0.5, 0.6) is 0 Å². The standard InChI is InChI=1S/C11H11F4NO/c1-3-10(16-17-2)8-5-4-7(6-9(8)12)11(13,14)15/h4-6H,3H2,1-2H3. The molecule has 0 radical (unpaired) electrons. The largest absolute Gasteiger partial charge is 0.416 e. The van der Waals surface area contributed by atoms with Gasteiger partial charge in [-0.2, -0.15) is 13.2 Å². The van der Waals surface area contributed by atoms with Crippen molar-refractivity contribution in [2.24, 2.45) is 5.16 Å². The minimum atomic E-state index is -4.55. The van der Waals surface area contributed by atoms with Gasteiger partial charge in [-0.25, -0.2) is 4.39 Å². The smallest absolute Gasteiger partial charge is 0.399 e. The molecule has 0 spiro atoms. The number of hydrogen-bond donors (Lipinski definition) is 0. The van der Waals surface area contributed by atoms with Crippen molar-refractivity contribution in [3.63, 3.8) is 0 Å². The molecule has 0 aliphatic rings. The van der Waals surface area contributed by atoms with E-state index in [1.54, 1.807) is 6.92 Å². The van der Waals surface area contributed by atoms with Crippen LogP contribution in [0.1, 0.15) is 24.5 Å². The lowest BCUT2D eigenvalue weighted by molar-refractivity contribution is -0.137. The zero-order chi connectivity index (χ0) is 13.1. The Bertz CT molecular complexity index is 426. The van der Waals surface area contributed by atoms with E-state index >= 15 is 0 Å². The van der Waals surface area contributed by atoms with Crippen molar-refractivity contribution in [1.82, 2.24) is 0 Å². The topological polar surface area (TPSA) is 21.6 Å². The van der Waals surface area contributed by atoms with E-state index in [0.29, 0.717) is 12.5 Å². The SMILES string of the molecule is CCC(=NOC)c1ccc(C(F)(F)F)cc1F. The maximum atomic E-state index is 13.5. The molecule has 0 bridgehead atoms. The molecular weight excluding hydrogens is 238 g/mol. The number of alkyl halides is 3. The molecule has 17 heavy (non-hydrogen) atoms. The number of benzene rings is 1. The van der Waals surface area contributed by atoms with Gasteiger partial charge in [-0.05, 0) is 24.6 Å². The van der Waals surface area contributed by atoms with Crippen LogP contribution in [0.25, 0.3) is 0 Å². The third-order valence-electron chi connectivity index (χ3n) is 2.14. The van der Waals surface area contributed by atoms with Crippen molar-refractivity contribution in [3.8, 4) is 0 Å². The maximum Gasteiger partial charge on any atom is 0.416 e. The van der Waals surface area contributed by atoms with Crippen molar-refractivity contribution in [3.05, 3.63) is 35.1 Å². The summed E-state index contributed by atoms with van der Waals surface area (Å²) < 4.78 is 50.4. The van der Waals surface area contributed by atoms with Gasteiger partial charge < -0.3 is 4.84 Å². The maximum absolute atomic E-state index is 13.5. The molecule has 0 aliphatic heterocycles. The van der Waals surface area contributed by atoms with Crippen molar-refractivity contribution >= 4 is 5.71 Å². The summed E-state index contributed by atoms with van der Waals surface area (Å²) in [5.41, 5.74) is -0.743. The molecule has 0 saturated heterocycles. The van der Waals surface area contributed by atoms with Gasteiger partial charge >= 0.3 is 6.18 Å². The van der Waals surface area contributed by atoms with Gasteiger partial charge in [-0.1, -0.05) is 12.1 Å². The van der Waals surface area contributed by atoms with Gasteiger partial charge in [0.2, 0.25) is 0 Å². The van der Waals surface area contributed by atoms with Crippen molar-refractivity contribution in [1.29, 1.82) is 0 Å². The van der Waals surface area contributed by atoms with Crippen molar-refractivity contribution < 1.29 is 22.4 Å². The minimum Gasteiger partial charge on any atom is -0.399 e. The van der Waals surface area contributed by atoms with Crippen molar-refractivity contribution in [2.75, 3.05) is 7.11 Å². The number of nitrogens with zero attached hydrogens (tertiary/aromatic N) is 1. The summed E-state index contributed by atoms with van der Waals surface area (Å²) in [6.07, 6.45) is -4.19. The van der Waals surface area contributed by atoms with Crippen LogP contribution >= 0.6 is 0 Å². The van der Waals surface area contributed by atoms with Gasteiger partial charge in [0, 0.05) is 5.56 Å². The quantitative estimate of drug-likeness (QED) is 0.455. The number of hydrogen-bond acceptors (Lipinski definition) is 2. The van der Waals surface area contributed by atoms with Crippen LogP contribution in [0.15, 0.2) is 23.4 Å². The molecular formula is C11H11F4NO. The molecule has 94 valence electrons. The van der Waals surface area contributed by atoms with Crippen LogP contribution < -0.4 is 0 Å². The Kier molecular flexibility index (Phi) is 4.09. The second kappa shape index (κ2) is 5.16. The van der Waals surface area contributed by atoms with Gasteiger partial charge in [0.1, 0.15) is 12.9 Å². The zero-order valence-electron chi connectivity index (χ0n) is 9.31. The van der Waals surface area contributed by atoms with Crippen LogP contribution in [0, 0.1) is 5.82 Å². The Labute approximate surface area is 95.9 Å².